The largest absolute Gasteiger partial charge is 0.354 e. The van der Waals surface area contributed by atoms with Crippen LogP contribution in [0.3, 0.4) is 0 Å². The van der Waals surface area contributed by atoms with E-state index >= 15 is 0 Å². The van der Waals surface area contributed by atoms with E-state index in [-0.39, 0.29) is 6.04 Å². The lowest BCUT2D eigenvalue weighted by Gasteiger charge is -2.02. The van der Waals surface area contributed by atoms with Gasteiger partial charge in [-0.2, -0.15) is 0 Å². The van der Waals surface area contributed by atoms with Gasteiger partial charge in [-0.15, -0.1) is 11.3 Å². The third kappa shape index (κ3) is 3.22. The zero-order valence-corrected chi connectivity index (χ0v) is 10.4. The molecule has 0 aliphatic heterocycles. The van der Waals surface area contributed by atoms with Gasteiger partial charge in [0.25, 0.3) is 0 Å². The van der Waals surface area contributed by atoms with E-state index in [1.54, 1.807) is 0 Å². The van der Waals surface area contributed by atoms with Crippen LogP contribution in [0, 0.1) is 0 Å². The molecule has 0 aliphatic carbocycles. The van der Waals surface area contributed by atoms with Crippen molar-refractivity contribution in [2.45, 2.75) is 32.4 Å². The molecule has 16 heavy (non-hydrogen) atoms. The quantitative estimate of drug-likeness (QED) is 0.847. The van der Waals surface area contributed by atoms with Crippen LogP contribution in [0.1, 0.15) is 17.4 Å². The van der Waals surface area contributed by atoms with Crippen LogP contribution in [0.4, 0.5) is 0 Å². The van der Waals surface area contributed by atoms with Crippen LogP contribution in [0.15, 0.2) is 36.0 Å². The van der Waals surface area contributed by atoms with Gasteiger partial charge in [-0.05, 0) is 42.8 Å². The number of rotatable bonds is 5. The molecule has 0 aromatic carbocycles. The molecule has 2 N–H and O–H groups in total. The Bertz CT molecular complexity index is 415. The van der Waals surface area contributed by atoms with Gasteiger partial charge in [-0.25, -0.2) is 0 Å². The van der Waals surface area contributed by atoms with Crippen molar-refractivity contribution in [3.63, 3.8) is 0 Å². The Morgan fingerprint density at radius 1 is 1.44 bits per heavy atom. The summed E-state index contributed by atoms with van der Waals surface area (Å²) in [6.45, 7) is 3.10. The second-order valence-corrected chi connectivity index (χ2v) is 5.30. The van der Waals surface area contributed by atoms with Gasteiger partial charge >= 0.3 is 0 Å². The first-order valence-electron chi connectivity index (χ1n) is 5.66. The molecule has 0 bridgehead atoms. The zero-order chi connectivity index (χ0) is 11.4. The fourth-order valence-corrected chi connectivity index (χ4v) is 2.51. The summed E-state index contributed by atoms with van der Waals surface area (Å²) in [5.74, 6) is 0. The number of aromatic nitrogens is 1. The van der Waals surface area contributed by atoms with Gasteiger partial charge in [0.1, 0.15) is 0 Å². The fraction of sp³-hybridized carbons (Fsp3) is 0.385. The topological polar surface area (TPSA) is 30.9 Å². The molecule has 0 radical (unpaired) electrons. The van der Waals surface area contributed by atoms with Crippen LogP contribution in [0.25, 0.3) is 0 Å². The Kier molecular flexibility index (Phi) is 3.80. The summed E-state index contributed by atoms with van der Waals surface area (Å²) in [4.78, 5) is 1.45. The lowest BCUT2D eigenvalue weighted by molar-refractivity contribution is 0.696. The SMILES string of the molecule is CC(N)Cc1ccn(CCc2cccs2)c1. The van der Waals surface area contributed by atoms with Gasteiger partial charge < -0.3 is 10.3 Å². The maximum Gasteiger partial charge on any atom is 0.0268 e. The molecule has 1 unspecified atom stereocenters. The number of hydrogen-bond donors (Lipinski definition) is 1. The molecule has 2 nitrogen and oxygen atoms in total. The molecule has 3 heteroatoms. The van der Waals surface area contributed by atoms with Gasteiger partial charge in [-0.1, -0.05) is 6.07 Å². The van der Waals surface area contributed by atoms with Gasteiger partial charge in [0.05, 0.1) is 0 Å². The maximum atomic E-state index is 5.78. The van der Waals surface area contributed by atoms with Crippen LogP contribution >= 0.6 is 11.3 Å². The van der Waals surface area contributed by atoms with Gasteiger partial charge in [0, 0.05) is 29.9 Å². The number of aryl methyl sites for hydroxylation is 2. The number of hydrogen-bond acceptors (Lipinski definition) is 2. The lowest BCUT2D eigenvalue weighted by atomic mass is 10.1. The molecule has 2 heterocycles. The number of thiophene rings is 1. The predicted octanol–water partition coefficient (Wildman–Crippen LogP) is 2.68. The minimum Gasteiger partial charge on any atom is -0.354 e. The summed E-state index contributed by atoms with van der Waals surface area (Å²) in [6, 6.07) is 6.71. The minimum absolute atomic E-state index is 0.244. The van der Waals surface area contributed by atoms with Crippen molar-refractivity contribution in [1.82, 2.24) is 4.57 Å². The molecule has 2 aromatic heterocycles. The maximum absolute atomic E-state index is 5.78. The fourth-order valence-electron chi connectivity index (χ4n) is 1.82. The normalized spacial score (nSPS) is 12.9. The third-order valence-electron chi connectivity index (χ3n) is 2.57. The van der Waals surface area contributed by atoms with Crippen LogP contribution in [0.2, 0.25) is 0 Å². The second-order valence-electron chi connectivity index (χ2n) is 4.27. The van der Waals surface area contributed by atoms with E-state index in [9.17, 15) is 0 Å². The Hall–Kier alpha value is -1.06. The molecule has 0 amide bonds. The van der Waals surface area contributed by atoms with Crippen LogP contribution in [-0.4, -0.2) is 10.6 Å². The van der Waals surface area contributed by atoms with Crippen LogP contribution in [-0.2, 0) is 19.4 Å². The highest BCUT2D eigenvalue weighted by Gasteiger charge is 2.01. The molecule has 0 aliphatic rings. The van der Waals surface area contributed by atoms with E-state index < -0.39 is 0 Å². The Morgan fingerprint density at radius 2 is 2.31 bits per heavy atom. The lowest BCUT2D eigenvalue weighted by Crippen LogP contribution is -2.17. The smallest absolute Gasteiger partial charge is 0.0268 e. The molecule has 0 saturated carbocycles. The van der Waals surface area contributed by atoms with Crippen molar-refractivity contribution in [3.8, 4) is 0 Å². The van der Waals surface area contributed by atoms with Gasteiger partial charge in [0.15, 0.2) is 0 Å². The highest BCUT2D eigenvalue weighted by atomic mass is 32.1. The molecule has 0 fully saturated rings. The second kappa shape index (κ2) is 5.32. The molecular formula is C13H18N2S. The van der Waals surface area contributed by atoms with Crippen molar-refractivity contribution in [3.05, 3.63) is 46.4 Å². The van der Waals surface area contributed by atoms with Crippen molar-refractivity contribution in [1.29, 1.82) is 0 Å². The van der Waals surface area contributed by atoms with Crippen molar-refractivity contribution in [2.75, 3.05) is 0 Å². The Morgan fingerprint density at radius 3 is 3.00 bits per heavy atom. The van der Waals surface area contributed by atoms with E-state index in [0.29, 0.717) is 0 Å². The van der Waals surface area contributed by atoms with Crippen molar-refractivity contribution >= 4 is 11.3 Å². The molecule has 0 spiro atoms. The molecule has 2 aromatic rings. The highest BCUT2D eigenvalue weighted by molar-refractivity contribution is 7.09. The first-order valence-corrected chi connectivity index (χ1v) is 6.54. The molecule has 1 atom stereocenters. The average Bonchev–Trinajstić information content (AvgIpc) is 2.84. The summed E-state index contributed by atoms with van der Waals surface area (Å²) in [5.41, 5.74) is 7.11. The first kappa shape index (κ1) is 11.4. The van der Waals surface area contributed by atoms with E-state index in [1.807, 2.05) is 18.3 Å². The monoisotopic (exact) mass is 234 g/mol. The van der Waals surface area contributed by atoms with Gasteiger partial charge in [0.2, 0.25) is 0 Å². The standard InChI is InChI=1S/C13H18N2S/c1-11(14)9-12-4-6-15(10-12)7-5-13-3-2-8-16-13/h2-4,6,8,10-11H,5,7,9,14H2,1H3. The number of nitrogens with two attached hydrogens (primary N) is 1. The highest BCUT2D eigenvalue weighted by Crippen LogP contribution is 2.11. The molecule has 2 rings (SSSR count). The van der Waals surface area contributed by atoms with Crippen molar-refractivity contribution < 1.29 is 0 Å². The summed E-state index contributed by atoms with van der Waals surface area (Å²) in [6.07, 6.45) is 6.43. The number of nitrogens with zero attached hydrogens (tertiary/aromatic N) is 1. The minimum atomic E-state index is 0.244. The van der Waals surface area contributed by atoms with E-state index in [2.05, 4.69) is 40.5 Å². The van der Waals surface area contributed by atoms with Crippen molar-refractivity contribution in [2.24, 2.45) is 5.73 Å². The summed E-state index contributed by atoms with van der Waals surface area (Å²) < 4.78 is 2.25. The summed E-state index contributed by atoms with van der Waals surface area (Å²) >= 11 is 1.83. The van der Waals surface area contributed by atoms with Gasteiger partial charge in [-0.3, -0.25) is 0 Å². The average molecular weight is 234 g/mol. The van der Waals surface area contributed by atoms with Crippen LogP contribution < -0.4 is 5.73 Å². The van der Waals surface area contributed by atoms with E-state index in [4.69, 9.17) is 5.73 Å². The summed E-state index contributed by atoms with van der Waals surface area (Å²) in [5, 5.41) is 2.13. The van der Waals surface area contributed by atoms with E-state index in [0.717, 1.165) is 19.4 Å². The molecular weight excluding hydrogens is 216 g/mol. The summed E-state index contributed by atoms with van der Waals surface area (Å²) in [7, 11) is 0. The molecule has 86 valence electrons. The Labute approximate surface area is 101 Å². The first-order chi connectivity index (χ1) is 7.74. The predicted molar refractivity (Wildman–Crippen MR) is 69.8 cm³/mol. The molecule has 0 saturated heterocycles. The Balaban J connectivity index is 1.88. The third-order valence-corrected chi connectivity index (χ3v) is 3.50. The zero-order valence-electron chi connectivity index (χ0n) is 9.60. The van der Waals surface area contributed by atoms with Crippen LogP contribution in [0.5, 0.6) is 0 Å². The van der Waals surface area contributed by atoms with E-state index in [1.165, 1.54) is 10.4 Å².